The lowest BCUT2D eigenvalue weighted by Gasteiger charge is -2.01. The average molecular weight is 377 g/mol. The number of thioether (sulfide) groups is 1. The Morgan fingerprint density at radius 3 is 2.48 bits per heavy atom. The number of hydrogen-bond acceptors (Lipinski definition) is 5. The SMILES string of the molecule is O=C(OCC#CCSc1ccc2ccccc2c1)c1ccc([N+](=O)[O-])cc1. The van der Waals surface area contributed by atoms with Gasteiger partial charge in [0.1, 0.15) is 0 Å². The molecule has 0 atom stereocenters. The molecule has 0 unspecified atom stereocenters. The number of ether oxygens (including phenoxy) is 1. The van der Waals surface area contributed by atoms with Gasteiger partial charge in [-0.25, -0.2) is 4.79 Å². The maximum Gasteiger partial charge on any atom is 0.339 e. The molecule has 3 aromatic rings. The van der Waals surface area contributed by atoms with Crippen LogP contribution in [0.4, 0.5) is 5.69 Å². The van der Waals surface area contributed by atoms with Crippen LogP contribution in [-0.4, -0.2) is 23.3 Å². The number of esters is 1. The zero-order valence-corrected chi connectivity index (χ0v) is 15.1. The molecule has 0 aliphatic heterocycles. The van der Waals surface area contributed by atoms with Gasteiger partial charge in [0.2, 0.25) is 0 Å². The van der Waals surface area contributed by atoms with Gasteiger partial charge in [0.05, 0.1) is 16.2 Å². The number of carbonyl (C=O) groups is 1. The number of nitrogens with zero attached hydrogens (tertiary/aromatic N) is 1. The molecule has 0 radical (unpaired) electrons. The van der Waals surface area contributed by atoms with E-state index in [-0.39, 0.29) is 17.9 Å². The van der Waals surface area contributed by atoms with Crippen LogP contribution in [0.3, 0.4) is 0 Å². The summed E-state index contributed by atoms with van der Waals surface area (Å²) in [6.07, 6.45) is 0. The number of fused-ring (bicyclic) bond motifs is 1. The van der Waals surface area contributed by atoms with Crippen LogP contribution in [0.25, 0.3) is 10.8 Å². The Morgan fingerprint density at radius 1 is 1.00 bits per heavy atom. The largest absolute Gasteiger partial charge is 0.449 e. The third kappa shape index (κ3) is 5.09. The second kappa shape index (κ2) is 8.88. The first-order valence-corrected chi connectivity index (χ1v) is 9.11. The predicted octanol–water partition coefficient (Wildman–Crippen LogP) is 4.70. The summed E-state index contributed by atoms with van der Waals surface area (Å²) in [6.45, 7) is -0.0197. The Bertz CT molecular complexity index is 1040. The minimum Gasteiger partial charge on any atom is -0.449 e. The van der Waals surface area contributed by atoms with Gasteiger partial charge in [-0.2, -0.15) is 0 Å². The van der Waals surface area contributed by atoms with Gasteiger partial charge >= 0.3 is 5.97 Å². The van der Waals surface area contributed by atoms with Crippen molar-refractivity contribution >= 4 is 34.2 Å². The second-order valence-corrected chi connectivity index (χ2v) is 6.58. The van der Waals surface area contributed by atoms with E-state index >= 15 is 0 Å². The van der Waals surface area contributed by atoms with Crippen LogP contribution in [0.1, 0.15) is 10.4 Å². The van der Waals surface area contributed by atoms with Crippen LogP contribution < -0.4 is 0 Å². The molecule has 0 aliphatic carbocycles. The highest BCUT2D eigenvalue weighted by Crippen LogP contribution is 2.23. The molecule has 0 bridgehead atoms. The maximum absolute atomic E-state index is 11.8. The van der Waals surface area contributed by atoms with Gasteiger partial charge in [-0.3, -0.25) is 10.1 Å². The lowest BCUT2D eigenvalue weighted by molar-refractivity contribution is -0.384. The highest BCUT2D eigenvalue weighted by Gasteiger charge is 2.09. The fraction of sp³-hybridized carbons (Fsp3) is 0.0952. The first kappa shape index (κ1) is 18.5. The summed E-state index contributed by atoms with van der Waals surface area (Å²) >= 11 is 1.62. The molecule has 0 spiro atoms. The fourth-order valence-electron chi connectivity index (χ4n) is 2.38. The molecule has 3 aromatic carbocycles. The topological polar surface area (TPSA) is 69.4 Å². The van der Waals surface area contributed by atoms with Gasteiger partial charge in [0.25, 0.3) is 5.69 Å². The van der Waals surface area contributed by atoms with Gasteiger partial charge < -0.3 is 4.74 Å². The van der Waals surface area contributed by atoms with Crippen molar-refractivity contribution in [1.29, 1.82) is 0 Å². The molecule has 0 amide bonds. The van der Waals surface area contributed by atoms with Crippen molar-refractivity contribution in [2.24, 2.45) is 0 Å². The van der Waals surface area contributed by atoms with Crippen molar-refractivity contribution in [2.75, 3.05) is 12.4 Å². The zero-order valence-electron chi connectivity index (χ0n) is 14.3. The monoisotopic (exact) mass is 377 g/mol. The van der Waals surface area contributed by atoms with E-state index in [4.69, 9.17) is 4.74 Å². The maximum atomic E-state index is 11.8. The summed E-state index contributed by atoms with van der Waals surface area (Å²) in [5.41, 5.74) is 0.185. The van der Waals surface area contributed by atoms with Gasteiger partial charge in [-0.05, 0) is 35.0 Å². The summed E-state index contributed by atoms with van der Waals surface area (Å²) in [5.74, 6) is 5.80. The van der Waals surface area contributed by atoms with Crippen molar-refractivity contribution in [2.45, 2.75) is 4.90 Å². The van der Waals surface area contributed by atoms with E-state index in [1.54, 1.807) is 11.8 Å². The number of benzene rings is 3. The minimum atomic E-state index is -0.554. The molecule has 0 aromatic heterocycles. The Labute approximate surface area is 160 Å². The number of nitro groups is 1. The Kier molecular flexibility index (Phi) is 6.08. The molecule has 0 saturated heterocycles. The molecule has 3 rings (SSSR count). The normalized spacial score (nSPS) is 10.1. The van der Waals surface area contributed by atoms with E-state index in [9.17, 15) is 14.9 Å². The molecule has 0 saturated carbocycles. The standard InChI is InChI=1S/C21H15NO4S/c23-21(17-7-10-19(11-8-17)22(24)25)26-13-3-4-14-27-20-12-9-16-5-1-2-6-18(16)15-20/h1-2,5-12,15H,13-14H2. The van der Waals surface area contributed by atoms with E-state index in [0.717, 1.165) is 4.90 Å². The van der Waals surface area contributed by atoms with Crippen LogP contribution in [-0.2, 0) is 4.74 Å². The van der Waals surface area contributed by atoms with E-state index in [0.29, 0.717) is 5.75 Å². The number of rotatable bonds is 5. The first-order chi connectivity index (χ1) is 13.1. The summed E-state index contributed by atoms with van der Waals surface area (Å²) in [7, 11) is 0. The highest BCUT2D eigenvalue weighted by molar-refractivity contribution is 7.99. The van der Waals surface area contributed by atoms with Crippen LogP contribution in [0.5, 0.6) is 0 Å². The first-order valence-electron chi connectivity index (χ1n) is 8.12. The summed E-state index contributed by atoms with van der Waals surface area (Å²) in [4.78, 5) is 23.0. The molecule has 6 heteroatoms. The third-order valence-corrected chi connectivity index (χ3v) is 4.62. The third-order valence-electron chi connectivity index (χ3n) is 3.75. The molecule has 27 heavy (non-hydrogen) atoms. The Morgan fingerprint density at radius 2 is 1.74 bits per heavy atom. The predicted molar refractivity (Wildman–Crippen MR) is 106 cm³/mol. The van der Waals surface area contributed by atoms with Crippen molar-refractivity contribution in [3.8, 4) is 11.8 Å². The van der Waals surface area contributed by atoms with Gasteiger partial charge in [-0.15, -0.1) is 11.8 Å². The number of nitro benzene ring substituents is 1. The van der Waals surface area contributed by atoms with Gasteiger partial charge in [0.15, 0.2) is 6.61 Å². The number of hydrogen-bond donors (Lipinski definition) is 0. The van der Waals surface area contributed by atoms with Gasteiger partial charge in [-0.1, -0.05) is 42.2 Å². The van der Waals surface area contributed by atoms with Crippen LogP contribution in [0.2, 0.25) is 0 Å². The van der Waals surface area contributed by atoms with Crippen molar-refractivity contribution in [3.05, 3.63) is 82.4 Å². The highest BCUT2D eigenvalue weighted by atomic mass is 32.2. The number of non-ortho nitro benzene ring substituents is 1. The minimum absolute atomic E-state index is 0.0197. The Balaban J connectivity index is 1.46. The van der Waals surface area contributed by atoms with Gasteiger partial charge in [0, 0.05) is 17.0 Å². The smallest absolute Gasteiger partial charge is 0.339 e. The molecule has 0 heterocycles. The van der Waals surface area contributed by atoms with E-state index in [1.165, 1.54) is 35.0 Å². The quantitative estimate of drug-likeness (QED) is 0.212. The lowest BCUT2D eigenvalue weighted by Crippen LogP contribution is -2.05. The molecule has 0 fully saturated rings. The van der Waals surface area contributed by atoms with Crippen molar-refractivity contribution in [3.63, 3.8) is 0 Å². The number of carbonyl (C=O) groups excluding carboxylic acids is 1. The molecule has 134 valence electrons. The summed E-state index contributed by atoms with van der Waals surface area (Å²) in [6, 6.07) is 19.7. The molecule has 5 nitrogen and oxygen atoms in total. The zero-order chi connectivity index (χ0) is 19.1. The molecular weight excluding hydrogens is 362 g/mol. The fourth-order valence-corrected chi connectivity index (χ4v) is 3.10. The van der Waals surface area contributed by atoms with Crippen LogP contribution in [0.15, 0.2) is 71.6 Å². The molecular formula is C21H15NO4S. The molecule has 0 aliphatic rings. The summed E-state index contributed by atoms with van der Waals surface area (Å²) < 4.78 is 5.05. The van der Waals surface area contributed by atoms with E-state index in [1.807, 2.05) is 12.1 Å². The average Bonchev–Trinajstić information content (AvgIpc) is 2.70. The van der Waals surface area contributed by atoms with E-state index < -0.39 is 10.9 Å². The lowest BCUT2D eigenvalue weighted by atomic mass is 10.1. The van der Waals surface area contributed by atoms with E-state index in [2.05, 4.69) is 42.2 Å². The molecule has 0 N–H and O–H groups in total. The second-order valence-electron chi connectivity index (χ2n) is 5.53. The van der Waals surface area contributed by atoms with Crippen molar-refractivity contribution < 1.29 is 14.5 Å². The van der Waals surface area contributed by atoms with Crippen LogP contribution >= 0.6 is 11.8 Å². The Hall–Kier alpha value is -3.30. The van der Waals surface area contributed by atoms with Crippen LogP contribution in [0, 0.1) is 22.0 Å². The summed E-state index contributed by atoms with van der Waals surface area (Å²) in [5, 5.41) is 13.0. The van der Waals surface area contributed by atoms with Crippen molar-refractivity contribution in [1.82, 2.24) is 0 Å².